The van der Waals surface area contributed by atoms with Gasteiger partial charge in [-0.15, -0.1) is 0 Å². The second-order valence-corrected chi connectivity index (χ2v) is 6.83. The molecule has 0 saturated heterocycles. The fourth-order valence-electron chi connectivity index (χ4n) is 3.15. The standard InChI is InChI=1S/C25H26F2O2/c1-3-5-6-17-29-21-13-11-19(12-14-21)18-7-9-20(10-8-18)22-15-16-23(28-4-2)25(27)24(22)26/h7-16H,3-6,17H2,1-2H3. The second-order valence-electron chi connectivity index (χ2n) is 6.83. The summed E-state index contributed by atoms with van der Waals surface area (Å²) in [5, 5.41) is 0. The molecule has 0 aliphatic carbocycles. The zero-order valence-electron chi connectivity index (χ0n) is 16.9. The van der Waals surface area contributed by atoms with Gasteiger partial charge in [0.2, 0.25) is 5.82 Å². The summed E-state index contributed by atoms with van der Waals surface area (Å²) in [5.41, 5.74) is 2.87. The lowest BCUT2D eigenvalue weighted by Crippen LogP contribution is -1.98. The monoisotopic (exact) mass is 396 g/mol. The van der Waals surface area contributed by atoms with E-state index >= 15 is 0 Å². The van der Waals surface area contributed by atoms with Crippen molar-refractivity contribution in [3.63, 3.8) is 0 Å². The van der Waals surface area contributed by atoms with Gasteiger partial charge in [-0.25, -0.2) is 4.39 Å². The predicted molar refractivity (Wildman–Crippen MR) is 113 cm³/mol. The van der Waals surface area contributed by atoms with E-state index in [1.807, 2.05) is 36.4 Å². The van der Waals surface area contributed by atoms with Gasteiger partial charge in [-0.3, -0.25) is 0 Å². The van der Waals surface area contributed by atoms with Crippen LogP contribution in [0.1, 0.15) is 33.1 Å². The molecule has 0 aromatic heterocycles. The Morgan fingerprint density at radius 3 is 1.90 bits per heavy atom. The van der Waals surface area contributed by atoms with Gasteiger partial charge < -0.3 is 9.47 Å². The van der Waals surface area contributed by atoms with Gasteiger partial charge >= 0.3 is 0 Å². The highest BCUT2D eigenvalue weighted by atomic mass is 19.2. The largest absolute Gasteiger partial charge is 0.494 e. The predicted octanol–water partition coefficient (Wildman–Crippen LogP) is 7.27. The molecule has 0 unspecified atom stereocenters. The third-order valence-corrected chi connectivity index (χ3v) is 4.75. The maximum atomic E-state index is 14.4. The van der Waals surface area contributed by atoms with Crippen molar-refractivity contribution < 1.29 is 18.3 Å². The van der Waals surface area contributed by atoms with Gasteiger partial charge in [0.15, 0.2) is 11.6 Å². The van der Waals surface area contributed by atoms with Gasteiger partial charge in [0, 0.05) is 5.56 Å². The molecule has 0 amide bonds. The van der Waals surface area contributed by atoms with Crippen molar-refractivity contribution in [2.45, 2.75) is 33.1 Å². The number of ether oxygens (including phenoxy) is 2. The van der Waals surface area contributed by atoms with Crippen LogP contribution in [0.3, 0.4) is 0 Å². The molecule has 0 spiro atoms. The summed E-state index contributed by atoms with van der Waals surface area (Å²) in [6.45, 7) is 4.91. The Labute approximate surface area is 171 Å². The highest BCUT2D eigenvalue weighted by Crippen LogP contribution is 2.31. The SMILES string of the molecule is CCCCCOc1ccc(-c2ccc(-c3ccc(OCC)c(F)c3F)cc2)cc1. The highest BCUT2D eigenvalue weighted by molar-refractivity contribution is 5.71. The highest BCUT2D eigenvalue weighted by Gasteiger charge is 2.15. The molecule has 0 fully saturated rings. The van der Waals surface area contributed by atoms with Crippen LogP contribution < -0.4 is 9.47 Å². The van der Waals surface area contributed by atoms with Gasteiger partial charge in [-0.2, -0.15) is 4.39 Å². The van der Waals surface area contributed by atoms with Gasteiger partial charge in [-0.05, 0) is 54.3 Å². The summed E-state index contributed by atoms with van der Waals surface area (Å²) >= 11 is 0. The minimum Gasteiger partial charge on any atom is -0.494 e. The average Bonchev–Trinajstić information content (AvgIpc) is 2.75. The van der Waals surface area contributed by atoms with Gasteiger partial charge in [0.25, 0.3) is 0 Å². The summed E-state index contributed by atoms with van der Waals surface area (Å²) in [7, 11) is 0. The first kappa shape index (κ1) is 20.8. The van der Waals surface area contributed by atoms with E-state index in [9.17, 15) is 8.78 Å². The van der Waals surface area contributed by atoms with Crippen LogP contribution in [0.2, 0.25) is 0 Å². The van der Waals surface area contributed by atoms with Crippen LogP contribution in [-0.2, 0) is 0 Å². The van der Waals surface area contributed by atoms with Crippen LogP contribution in [-0.4, -0.2) is 13.2 Å². The molecule has 3 rings (SSSR count). The molecule has 4 heteroatoms. The fourth-order valence-corrected chi connectivity index (χ4v) is 3.15. The van der Waals surface area contributed by atoms with Gasteiger partial charge in [-0.1, -0.05) is 56.2 Å². The van der Waals surface area contributed by atoms with Crippen LogP contribution in [0.15, 0.2) is 60.7 Å². The van der Waals surface area contributed by atoms with E-state index in [2.05, 4.69) is 6.92 Å². The number of hydrogen-bond acceptors (Lipinski definition) is 2. The third-order valence-electron chi connectivity index (χ3n) is 4.75. The molecule has 0 bridgehead atoms. The smallest absolute Gasteiger partial charge is 0.201 e. The van der Waals surface area contributed by atoms with Crippen molar-refractivity contribution in [3.8, 4) is 33.8 Å². The van der Waals surface area contributed by atoms with Crippen molar-refractivity contribution in [1.29, 1.82) is 0 Å². The Kier molecular flexibility index (Phi) is 7.23. The zero-order valence-corrected chi connectivity index (χ0v) is 16.9. The average molecular weight is 396 g/mol. The molecule has 0 aliphatic heterocycles. The number of rotatable bonds is 9. The summed E-state index contributed by atoms with van der Waals surface area (Å²) in [4.78, 5) is 0. The second kappa shape index (κ2) is 10.1. The normalized spacial score (nSPS) is 10.8. The van der Waals surface area contributed by atoms with Crippen LogP contribution >= 0.6 is 0 Å². The van der Waals surface area contributed by atoms with Gasteiger partial charge in [0.1, 0.15) is 5.75 Å². The summed E-state index contributed by atoms with van der Waals surface area (Å²) in [6.07, 6.45) is 3.40. The molecule has 0 radical (unpaired) electrons. The van der Waals surface area contributed by atoms with Crippen LogP contribution in [0.4, 0.5) is 8.78 Å². The zero-order chi connectivity index (χ0) is 20.6. The van der Waals surface area contributed by atoms with Crippen molar-refractivity contribution in [2.24, 2.45) is 0 Å². The Morgan fingerprint density at radius 2 is 1.28 bits per heavy atom. The Balaban J connectivity index is 1.73. The number of halogens is 2. The summed E-state index contributed by atoms with van der Waals surface area (Å²) in [6, 6.07) is 18.3. The molecule has 2 nitrogen and oxygen atoms in total. The molecule has 0 atom stereocenters. The topological polar surface area (TPSA) is 18.5 Å². The number of unbranched alkanes of at least 4 members (excludes halogenated alkanes) is 2. The van der Waals surface area contributed by atoms with Crippen LogP contribution in [0, 0.1) is 11.6 Å². The molecule has 0 saturated carbocycles. The number of hydrogen-bond donors (Lipinski definition) is 0. The molecule has 0 aliphatic rings. The van der Waals surface area contributed by atoms with Crippen molar-refractivity contribution in [1.82, 2.24) is 0 Å². The van der Waals surface area contributed by atoms with E-state index < -0.39 is 11.6 Å². The number of benzene rings is 3. The van der Waals surface area contributed by atoms with Crippen LogP contribution in [0.5, 0.6) is 11.5 Å². The molecule has 3 aromatic carbocycles. The van der Waals surface area contributed by atoms with Crippen LogP contribution in [0.25, 0.3) is 22.3 Å². The first-order valence-electron chi connectivity index (χ1n) is 10.1. The van der Waals surface area contributed by atoms with E-state index in [1.165, 1.54) is 18.9 Å². The maximum absolute atomic E-state index is 14.4. The lowest BCUT2D eigenvalue weighted by atomic mass is 9.99. The summed E-state index contributed by atoms with van der Waals surface area (Å²) < 4.78 is 39.4. The third kappa shape index (κ3) is 5.14. The molecular formula is C25H26F2O2. The van der Waals surface area contributed by atoms with Gasteiger partial charge in [0.05, 0.1) is 13.2 Å². The minimum atomic E-state index is -0.956. The molecule has 152 valence electrons. The van der Waals surface area contributed by atoms with E-state index in [0.29, 0.717) is 5.56 Å². The Hall–Kier alpha value is -2.88. The van der Waals surface area contributed by atoms with E-state index in [1.54, 1.807) is 25.1 Å². The van der Waals surface area contributed by atoms with Crippen molar-refractivity contribution in [2.75, 3.05) is 13.2 Å². The fraction of sp³-hybridized carbons (Fsp3) is 0.280. The first-order valence-corrected chi connectivity index (χ1v) is 10.1. The minimum absolute atomic E-state index is 0.0672. The molecular weight excluding hydrogens is 370 g/mol. The molecule has 29 heavy (non-hydrogen) atoms. The Morgan fingerprint density at radius 1 is 0.655 bits per heavy atom. The van der Waals surface area contributed by atoms with E-state index in [4.69, 9.17) is 9.47 Å². The molecule has 3 aromatic rings. The lowest BCUT2D eigenvalue weighted by Gasteiger charge is -2.10. The van der Waals surface area contributed by atoms with E-state index in [0.717, 1.165) is 29.9 Å². The first-order chi connectivity index (χ1) is 14.1. The summed E-state index contributed by atoms with van der Waals surface area (Å²) in [5.74, 6) is -1.06. The quantitative estimate of drug-likeness (QED) is 0.354. The Bertz CT molecular complexity index is 919. The molecule has 0 heterocycles. The molecule has 0 N–H and O–H groups in total. The van der Waals surface area contributed by atoms with Crippen molar-refractivity contribution >= 4 is 0 Å². The van der Waals surface area contributed by atoms with Crippen molar-refractivity contribution in [3.05, 3.63) is 72.3 Å². The maximum Gasteiger partial charge on any atom is 0.201 e. The lowest BCUT2D eigenvalue weighted by molar-refractivity contribution is 0.306. The van der Waals surface area contributed by atoms with E-state index in [-0.39, 0.29) is 17.9 Å².